The molecule has 0 bridgehead atoms. The van der Waals surface area contributed by atoms with Crippen molar-refractivity contribution in [3.63, 3.8) is 0 Å². The molecule has 0 spiro atoms. The second-order valence-corrected chi connectivity index (χ2v) is 8.71. The monoisotopic (exact) mass is 283 g/mol. The first kappa shape index (κ1) is 19.6. The predicted molar refractivity (Wildman–Crippen MR) is 89.8 cm³/mol. The van der Waals surface area contributed by atoms with E-state index >= 15 is 0 Å². The van der Waals surface area contributed by atoms with Gasteiger partial charge >= 0.3 is 0 Å². The third kappa shape index (κ3) is 3.43. The molecule has 0 aliphatic rings. The molecular weight excluding hydrogens is 246 g/mol. The molecule has 0 aromatic rings. The van der Waals surface area contributed by atoms with Gasteiger partial charge in [-0.05, 0) is 40.4 Å². The summed E-state index contributed by atoms with van der Waals surface area (Å²) in [6.45, 7) is 23.9. The smallest absolute Gasteiger partial charge is 0.0814 e. The standard InChI is InChI=1S/C18H37NO/c1-13(2)15(11-12-19-20)17(7,8)18(9,10)16(5,6)14(3)4/h13-15H,11-12H2,1-10H3. The Balaban J connectivity index is 5.59. The van der Waals surface area contributed by atoms with Gasteiger partial charge in [-0.2, -0.15) is 4.91 Å². The first-order valence-corrected chi connectivity index (χ1v) is 8.13. The molecule has 1 atom stereocenters. The zero-order valence-corrected chi connectivity index (χ0v) is 15.5. The summed E-state index contributed by atoms with van der Waals surface area (Å²) < 4.78 is 0. The molecule has 0 saturated carbocycles. The van der Waals surface area contributed by atoms with Gasteiger partial charge in [-0.3, -0.25) is 0 Å². The molecule has 0 aliphatic carbocycles. The van der Waals surface area contributed by atoms with Crippen molar-refractivity contribution in [2.75, 3.05) is 6.54 Å². The van der Waals surface area contributed by atoms with Crippen LogP contribution in [-0.4, -0.2) is 6.54 Å². The van der Waals surface area contributed by atoms with Gasteiger partial charge in [0.05, 0.1) is 6.54 Å². The van der Waals surface area contributed by atoms with Gasteiger partial charge < -0.3 is 0 Å². The van der Waals surface area contributed by atoms with Crippen molar-refractivity contribution in [1.82, 2.24) is 0 Å². The molecule has 2 nitrogen and oxygen atoms in total. The minimum absolute atomic E-state index is 0.152. The van der Waals surface area contributed by atoms with E-state index in [0.29, 0.717) is 24.3 Å². The van der Waals surface area contributed by atoms with Crippen molar-refractivity contribution >= 4 is 0 Å². The molecule has 2 heteroatoms. The van der Waals surface area contributed by atoms with Gasteiger partial charge in [0.25, 0.3) is 0 Å². The Morgan fingerprint density at radius 1 is 0.850 bits per heavy atom. The summed E-state index contributed by atoms with van der Waals surface area (Å²) in [5.74, 6) is 1.69. The predicted octanol–water partition coefficient (Wildman–Crippen LogP) is 6.15. The molecule has 0 aromatic carbocycles. The summed E-state index contributed by atoms with van der Waals surface area (Å²) in [7, 11) is 0. The van der Waals surface area contributed by atoms with E-state index in [2.05, 4.69) is 74.4 Å². The molecular formula is C18H37NO. The average molecular weight is 284 g/mol. The molecule has 0 aromatic heterocycles. The first-order chi connectivity index (χ1) is 8.84. The van der Waals surface area contributed by atoms with Crippen molar-refractivity contribution < 1.29 is 0 Å². The third-order valence-corrected chi connectivity index (χ3v) is 6.93. The van der Waals surface area contributed by atoms with E-state index in [9.17, 15) is 4.91 Å². The van der Waals surface area contributed by atoms with Crippen molar-refractivity contribution in [2.24, 2.45) is 39.2 Å². The van der Waals surface area contributed by atoms with Crippen LogP contribution < -0.4 is 0 Å². The lowest BCUT2D eigenvalue weighted by molar-refractivity contribution is -0.0930. The van der Waals surface area contributed by atoms with Crippen molar-refractivity contribution in [3.8, 4) is 0 Å². The van der Waals surface area contributed by atoms with E-state index in [1.165, 1.54) is 0 Å². The van der Waals surface area contributed by atoms with E-state index in [1.807, 2.05) is 0 Å². The minimum Gasteiger partial charge on any atom is -0.151 e. The van der Waals surface area contributed by atoms with Gasteiger partial charge in [0, 0.05) is 0 Å². The van der Waals surface area contributed by atoms with Crippen LogP contribution in [0.2, 0.25) is 0 Å². The Morgan fingerprint density at radius 2 is 1.30 bits per heavy atom. The lowest BCUT2D eigenvalue weighted by atomic mass is 9.47. The fourth-order valence-electron chi connectivity index (χ4n) is 3.73. The molecule has 0 amide bonds. The molecule has 0 heterocycles. The highest BCUT2D eigenvalue weighted by Crippen LogP contribution is 2.59. The molecule has 20 heavy (non-hydrogen) atoms. The SMILES string of the molecule is CC(C)C(CCN=O)C(C)(C)C(C)(C)C(C)(C)C(C)C. The Bertz CT molecular complexity index is 313. The van der Waals surface area contributed by atoms with E-state index in [4.69, 9.17) is 0 Å². The van der Waals surface area contributed by atoms with Crippen LogP contribution in [0.25, 0.3) is 0 Å². The highest BCUT2D eigenvalue weighted by molar-refractivity contribution is 5.01. The number of nitrogens with zero attached hydrogens (tertiary/aromatic N) is 1. The Kier molecular flexibility index (Phi) is 6.44. The van der Waals surface area contributed by atoms with Crippen LogP contribution in [0.5, 0.6) is 0 Å². The van der Waals surface area contributed by atoms with Crippen molar-refractivity contribution in [1.29, 1.82) is 0 Å². The third-order valence-electron chi connectivity index (χ3n) is 6.93. The molecule has 0 aliphatic heterocycles. The fraction of sp³-hybridized carbons (Fsp3) is 1.00. The lowest BCUT2D eigenvalue weighted by Crippen LogP contribution is -2.51. The number of hydrogen-bond donors (Lipinski definition) is 0. The van der Waals surface area contributed by atoms with Gasteiger partial charge in [-0.15, -0.1) is 0 Å². The van der Waals surface area contributed by atoms with Crippen LogP contribution in [0.4, 0.5) is 0 Å². The lowest BCUT2D eigenvalue weighted by Gasteiger charge is -2.58. The Morgan fingerprint density at radius 3 is 1.60 bits per heavy atom. The fourth-order valence-corrected chi connectivity index (χ4v) is 3.73. The normalized spacial score (nSPS) is 15.8. The molecule has 0 N–H and O–H groups in total. The van der Waals surface area contributed by atoms with Crippen molar-refractivity contribution in [2.45, 2.75) is 75.7 Å². The van der Waals surface area contributed by atoms with Crippen LogP contribution in [0.15, 0.2) is 5.18 Å². The summed E-state index contributed by atoms with van der Waals surface area (Å²) in [6, 6.07) is 0. The van der Waals surface area contributed by atoms with Crippen molar-refractivity contribution in [3.05, 3.63) is 4.91 Å². The molecule has 120 valence electrons. The van der Waals surface area contributed by atoms with E-state index in [-0.39, 0.29) is 16.2 Å². The number of hydrogen-bond acceptors (Lipinski definition) is 2. The maximum absolute atomic E-state index is 10.6. The highest BCUT2D eigenvalue weighted by atomic mass is 16.3. The van der Waals surface area contributed by atoms with Gasteiger partial charge in [-0.25, -0.2) is 0 Å². The number of rotatable bonds is 8. The Labute approximate surface area is 127 Å². The Hall–Kier alpha value is -0.400. The molecule has 1 unspecified atom stereocenters. The first-order valence-electron chi connectivity index (χ1n) is 8.13. The zero-order chi connectivity index (χ0) is 16.4. The number of nitroso groups, excluding NO2 is 1. The van der Waals surface area contributed by atoms with Crippen LogP contribution >= 0.6 is 0 Å². The maximum Gasteiger partial charge on any atom is 0.0814 e. The summed E-state index contributed by atoms with van der Waals surface area (Å²) in [4.78, 5) is 10.6. The summed E-state index contributed by atoms with van der Waals surface area (Å²) >= 11 is 0. The van der Waals surface area contributed by atoms with Crippen LogP contribution in [0.3, 0.4) is 0 Å². The highest BCUT2D eigenvalue weighted by Gasteiger charge is 2.52. The van der Waals surface area contributed by atoms with E-state index in [0.717, 1.165) is 6.42 Å². The van der Waals surface area contributed by atoms with Crippen LogP contribution in [0, 0.1) is 38.9 Å². The summed E-state index contributed by atoms with van der Waals surface area (Å²) in [5, 5.41) is 3.10. The largest absolute Gasteiger partial charge is 0.151 e. The molecule has 0 saturated heterocycles. The molecule has 0 fully saturated rings. The second-order valence-electron chi connectivity index (χ2n) is 8.71. The summed E-state index contributed by atoms with van der Waals surface area (Å²) in [5.41, 5.74) is 0.559. The average Bonchev–Trinajstić information content (AvgIpc) is 2.27. The van der Waals surface area contributed by atoms with Crippen LogP contribution in [-0.2, 0) is 0 Å². The molecule has 0 rings (SSSR count). The zero-order valence-electron chi connectivity index (χ0n) is 15.5. The quantitative estimate of drug-likeness (QED) is 0.491. The van der Waals surface area contributed by atoms with Gasteiger partial charge in [0.2, 0.25) is 0 Å². The van der Waals surface area contributed by atoms with Gasteiger partial charge in [-0.1, -0.05) is 74.4 Å². The van der Waals surface area contributed by atoms with E-state index in [1.54, 1.807) is 0 Å². The summed E-state index contributed by atoms with van der Waals surface area (Å²) in [6.07, 6.45) is 0.895. The van der Waals surface area contributed by atoms with Gasteiger partial charge in [0.1, 0.15) is 0 Å². The van der Waals surface area contributed by atoms with Gasteiger partial charge in [0.15, 0.2) is 0 Å². The van der Waals surface area contributed by atoms with E-state index < -0.39 is 0 Å². The second kappa shape index (κ2) is 6.58. The van der Waals surface area contributed by atoms with Crippen LogP contribution in [0.1, 0.15) is 75.7 Å². The maximum atomic E-state index is 10.6. The topological polar surface area (TPSA) is 29.4 Å². The minimum atomic E-state index is 0.152. The molecule has 0 radical (unpaired) electrons.